The van der Waals surface area contributed by atoms with E-state index in [9.17, 15) is 5.21 Å². The molecule has 0 atom stereocenters. The van der Waals surface area contributed by atoms with Crippen molar-refractivity contribution in [2.24, 2.45) is 5.10 Å². The molecular formula is C11H22N4O. The van der Waals surface area contributed by atoms with Crippen LogP contribution in [0.4, 0.5) is 0 Å². The summed E-state index contributed by atoms with van der Waals surface area (Å²) in [4.78, 5) is 2.06. The van der Waals surface area contributed by atoms with Crippen LogP contribution in [-0.4, -0.2) is 58.9 Å². The largest absolute Gasteiger partial charge is 0.622 e. The van der Waals surface area contributed by atoms with Crippen molar-refractivity contribution in [2.75, 3.05) is 21.1 Å². The lowest BCUT2D eigenvalue weighted by Crippen LogP contribution is -2.51. The molecule has 1 heterocycles. The zero-order valence-corrected chi connectivity index (χ0v) is 11.3. The lowest BCUT2D eigenvalue weighted by Gasteiger charge is -2.32. The minimum Gasteiger partial charge on any atom is -0.622 e. The van der Waals surface area contributed by atoms with Gasteiger partial charge in [0.05, 0.1) is 0 Å². The van der Waals surface area contributed by atoms with E-state index < -0.39 is 5.66 Å². The Morgan fingerprint density at radius 2 is 1.81 bits per heavy atom. The zero-order valence-electron chi connectivity index (χ0n) is 11.3. The van der Waals surface area contributed by atoms with Crippen molar-refractivity contribution in [2.45, 2.75) is 38.9 Å². The van der Waals surface area contributed by atoms with E-state index in [0.29, 0.717) is 5.71 Å². The molecule has 0 saturated carbocycles. The first-order valence-electron chi connectivity index (χ1n) is 5.42. The van der Waals surface area contributed by atoms with E-state index in [4.69, 9.17) is 0 Å². The summed E-state index contributed by atoms with van der Waals surface area (Å²) < 4.78 is 1.04. The molecule has 0 amide bonds. The average molecular weight is 226 g/mol. The van der Waals surface area contributed by atoms with Crippen LogP contribution in [0, 0.1) is 5.21 Å². The number of hydrogen-bond donors (Lipinski definition) is 0. The van der Waals surface area contributed by atoms with Gasteiger partial charge in [0.1, 0.15) is 11.8 Å². The van der Waals surface area contributed by atoms with Crippen LogP contribution >= 0.6 is 0 Å². The maximum absolute atomic E-state index is 12.2. The maximum atomic E-state index is 12.2. The SMILES string of the molecule is CN(C)/N=C/C1=[N+]([O-])C(C)(C)N(C)C1(C)C. The molecule has 0 unspecified atom stereocenters. The topological polar surface area (TPSA) is 44.9 Å². The second-order valence-electron chi connectivity index (χ2n) is 5.38. The molecule has 0 N–H and O–H groups in total. The summed E-state index contributed by atoms with van der Waals surface area (Å²) in [5.41, 5.74) is -0.143. The van der Waals surface area contributed by atoms with Gasteiger partial charge in [0.25, 0.3) is 0 Å². The van der Waals surface area contributed by atoms with Crippen LogP contribution in [0.2, 0.25) is 0 Å². The van der Waals surface area contributed by atoms with E-state index in [0.717, 1.165) is 4.74 Å². The summed E-state index contributed by atoms with van der Waals surface area (Å²) in [7, 11) is 5.63. The number of hydrazone groups is 1. The fraction of sp³-hybridized carbons (Fsp3) is 0.818. The third kappa shape index (κ3) is 1.80. The van der Waals surface area contributed by atoms with Crippen molar-refractivity contribution in [1.82, 2.24) is 9.91 Å². The number of nitrogens with zero attached hydrogens (tertiary/aromatic N) is 4. The molecule has 16 heavy (non-hydrogen) atoms. The Morgan fingerprint density at radius 3 is 2.12 bits per heavy atom. The van der Waals surface area contributed by atoms with Crippen molar-refractivity contribution in [3.8, 4) is 0 Å². The highest BCUT2D eigenvalue weighted by molar-refractivity contribution is 6.32. The van der Waals surface area contributed by atoms with Crippen LogP contribution in [0.25, 0.3) is 0 Å². The third-order valence-electron chi connectivity index (χ3n) is 3.41. The van der Waals surface area contributed by atoms with E-state index in [-0.39, 0.29) is 5.54 Å². The van der Waals surface area contributed by atoms with E-state index in [2.05, 4.69) is 10.0 Å². The predicted octanol–water partition coefficient (Wildman–Crippen LogP) is 0.945. The summed E-state index contributed by atoms with van der Waals surface area (Å²) in [5.74, 6) is 0. The Bertz CT molecular complexity index is 342. The monoisotopic (exact) mass is 226 g/mol. The first-order chi connectivity index (χ1) is 7.11. The molecule has 92 valence electrons. The molecule has 0 radical (unpaired) electrons. The molecule has 0 bridgehead atoms. The second kappa shape index (κ2) is 3.73. The minimum atomic E-state index is -0.531. The summed E-state index contributed by atoms with van der Waals surface area (Å²) >= 11 is 0. The van der Waals surface area contributed by atoms with Gasteiger partial charge < -0.3 is 10.2 Å². The van der Waals surface area contributed by atoms with Crippen LogP contribution < -0.4 is 0 Å². The standard InChI is InChI=1S/C11H22N4O/c1-10(2)9(8-12-13(5)6)15(16)11(3,4)14(10)7/h8H,1-7H3/b12-8+. The Labute approximate surface area is 97.6 Å². The minimum absolute atomic E-state index is 0.301. The molecule has 1 aliphatic heterocycles. The highest BCUT2D eigenvalue weighted by Crippen LogP contribution is 2.31. The van der Waals surface area contributed by atoms with E-state index in [1.165, 1.54) is 0 Å². The van der Waals surface area contributed by atoms with Crippen LogP contribution in [0.1, 0.15) is 27.7 Å². The second-order valence-corrected chi connectivity index (χ2v) is 5.38. The van der Waals surface area contributed by atoms with Gasteiger partial charge in [-0.25, -0.2) is 4.90 Å². The van der Waals surface area contributed by atoms with E-state index in [1.807, 2.05) is 48.8 Å². The molecule has 1 rings (SSSR count). The molecule has 0 aromatic rings. The molecule has 0 aromatic carbocycles. The average Bonchev–Trinajstić information content (AvgIpc) is 2.24. The number of hydrogen-bond acceptors (Lipinski definition) is 4. The third-order valence-corrected chi connectivity index (χ3v) is 3.41. The first kappa shape index (κ1) is 13.0. The van der Waals surface area contributed by atoms with Gasteiger partial charge in [-0.05, 0) is 20.9 Å². The van der Waals surface area contributed by atoms with Crippen molar-refractivity contribution in [3.05, 3.63) is 5.21 Å². The lowest BCUT2D eigenvalue weighted by atomic mass is 9.98. The fourth-order valence-electron chi connectivity index (χ4n) is 1.92. The lowest BCUT2D eigenvalue weighted by molar-refractivity contribution is -0.555. The van der Waals surface area contributed by atoms with Crippen LogP contribution in [0.3, 0.4) is 0 Å². The van der Waals surface area contributed by atoms with Crippen molar-refractivity contribution < 1.29 is 4.74 Å². The molecule has 0 spiro atoms. The molecule has 5 heteroatoms. The smallest absolute Gasteiger partial charge is 0.229 e. The van der Waals surface area contributed by atoms with Gasteiger partial charge in [0.2, 0.25) is 11.4 Å². The molecule has 5 nitrogen and oxygen atoms in total. The number of rotatable bonds is 2. The van der Waals surface area contributed by atoms with Crippen LogP contribution in [-0.2, 0) is 0 Å². The molecule has 0 saturated heterocycles. The Kier molecular flexibility index (Phi) is 3.02. The Hall–Kier alpha value is -1.10. The Balaban J connectivity index is 3.19. The summed E-state index contributed by atoms with van der Waals surface area (Å²) in [6.07, 6.45) is 1.65. The van der Waals surface area contributed by atoms with Gasteiger partial charge in [-0.2, -0.15) is 9.84 Å². The van der Waals surface area contributed by atoms with Crippen LogP contribution in [0.5, 0.6) is 0 Å². The summed E-state index contributed by atoms with van der Waals surface area (Å²) in [6.45, 7) is 7.89. The van der Waals surface area contributed by atoms with Gasteiger partial charge in [0, 0.05) is 27.9 Å². The maximum Gasteiger partial charge on any atom is 0.229 e. The van der Waals surface area contributed by atoms with Crippen molar-refractivity contribution >= 4 is 11.9 Å². The van der Waals surface area contributed by atoms with Crippen LogP contribution in [0.15, 0.2) is 5.10 Å². The molecule has 0 aliphatic carbocycles. The quantitative estimate of drug-likeness (QED) is 0.305. The molecule has 1 aliphatic rings. The first-order valence-corrected chi connectivity index (χ1v) is 5.42. The van der Waals surface area contributed by atoms with Crippen molar-refractivity contribution in [1.29, 1.82) is 0 Å². The van der Waals surface area contributed by atoms with Gasteiger partial charge in [-0.15, -0.1) is 0 Å². The normalized spacial score (nSPS) is 24.4. The highest BCUT2D eigenvalue weighted by Gasteiger charge is 2.53. The molecule has 0 aromatic heterocycles. The molecule has 0 fully saturated rings. The van der Waals surface area contributed by atoms with Gasteiger partial charge in [-0.3, -0.25) is 0 Å². The van der Waals surface area contributed by atoms with Crippen molar-refractivity contribution in [3.63, 3.8) is 0 Å². The summed E-state index contributed by atoms with van der Waals surface area (Å²) in [5, 5.41) is 18.0. The zero-order chi connectivity index (χ0) is 12.7. The van der Waals surface area contributed by atoms with Gasteiger partial charge >= 0.3 is 0 Å². The Morgan fingerprint density at radius 1 is 1.31 bits per heavy atom. The van der Waals surface area contributed by atoms with Gasteiger partial charge in [-0.1, -0.05) is 0 Å². The van der Waals surface area contributed by atoms with E-state index in [1.54, 1.807) is 11.2 Å². The van der Waals surface area contributed by atoms with Gasteiger partial charge in [0.15, 0.2) is 0 Å². The molecular weight excluding hydrogens is 204 g/mol. The highest BCUT2D eigenvalue weighted by atomic mass is 16.5. The summed E-state index contributed by atoms with van der Waals surface area (Å²) in [6, 6.07) is 0. The number of hydroxylamine groups is 1. The predicted molar refractivity (Wildman–Crippen MR) is 66.7 cm³/mol. The fourth-order valence-corrected chi connectivity index (χ4v) is 1.92. The van der Waals surface area contributed by atoms with E-state index >= 15 is 0 Å².